The lowest BCUT2D eigenvalue weighted by Crippen LogP contribution is -1.86. The van der Waals surface area contributed by atoms with E-state index in [1.807, 2.05) is 31.3 Å². The van der Waals surface area contributed by atoms with Crippen molar-refractivity contribution in [1.82, 2.24) is 0 Å². The fraction of sp³-hybridized carbons (Fsp3) is 0.125. The van der Waals surface area contributed by atoms with Crippen LogP contribution in [0, 0.1) is 6.92 Å². The van der Waals surface area contributed by atoms with Crippen molar-refractivity contribution in [3.05, 3.63) is 36.8 Å². The van der Waals surface area contributed by atoms with Gasteiger partial charge in [-0.2, -0.15) is 0 Å². The van der Waals surface area contributed by atoms with Gasteiger partial charge < -0.3 is 5.32 Å². The van der Waals surface area contributed by atoms with Gasteiger partial charge in [0.05, 0.1) is 0 Å². The quantitative estimate of drug-likeness (QED) is 0.597. The SMILES string of the molecule is [CH2]c1cccc(NC)c1. The van der Waals surface area contributed by atoms with E-state index in [2.05, 4.69) is 12.2 Å². The molecule has 0 aliphatic heterocycles. The topological polar surface area (TPSA) is 12.0 Å². The Labute approximate surface area is 55.7 Å². The van der Waals surface area contributed by atoms with Crippen LogP contribution in [0.5, 0.6) is 0 Å². The van der Waals surface area contributed by atoms with Gasteiger partial charge in [0.25, 0.3) is 0 Å². The Morgan fingerprint density at radius 1 is 1.44 bits per heavy atom. The molecule has 0 saturated heterocycles. The second-order valence-electron chi connectivity index (χ2n) is 1.95. The zero-order valence-corrected chi connectivity index (χ0v) is 5.52. The maximum absolute atomic E-state index is 3.79. The highest BCUT2D eigenvalue weighted by Crippen LogP contribution is 2.07. The van der Waals surface area contributed by atoms with Gasteiger partial charge in [0.2, 0.25) is 0 Å². The van der Waals surface area contributed by atoms with Gasteiger partial charge in [-0.25, -0.2) is 0 Å². The van der Waals surface area contributed by atoms with Crippen molar-refractivity contribution < 1.29 is 0 Å². The van der Waals surface area contributed by atoms with E-state index in [1.54, 1.807) is 0 Å². The van der Waals surface area contributed by atoms with Gasteiger partial charge in [-0.1, -0.05) is 12.1 Å². The van der Waals surface area contributed by atoms with E-state index in [1.165, 1.54) is 0 Å². The summed E-state index contributed by atoms with van der Waals surface area (Å²) in [4.78, 5) is 0. The van der Waals surface area contributed by atoms with Gasteiger partial charge >= 0.3 is 0 Å². The molecule has 1 aromatic rings. The lowest BCUT2D eigenvalue weighted by atomic mass is 10.2. The number of anilines is 1. The molecule has 0 saturated carbocycles. The molecule has 1 heteroatoms. The summed E-state index contributed by atoms with van der Waals surface area (Å²) in [5, 5.41) is 3.03. The van der Waals surface area contributed by atoms with Gasteiger partial charge in [-0.3, -0.25) is 0 Å². The molecule has 1 aromatic carbocycles. The maximum Gasteiger partial charge on any atom is 0.0340 e. The minimum atomic E-state index is 1.04. The fourth-order valence-electron chi connectivity index (χ4n) is 0.727. The molecule has 0 unspecified atom stereocenters. The Bertz CT molecular complexity index is 194. The molecule has 0 heterocycles. The van der Waals surface area contributed by atoms with Crippen LogP contribution in [0.25, 0.3) is 0 Å². The maximum atomic E-state index is 3.79. The Balaban J connectivity index is 2.94. The summed E-state index contributed by atoms with van der Waals surface area (Å²) in [5.41, 5.74) is 2.16. The largest absolute Gasteiger partial charge is 0.388 e. The van der Waals surface area contributed by atoms with Crippen molar-refractivity contribution in [2.45, 2.75) is 0 Å². The second-order valence-corrected chi connectivity index (χ2v) is 1.95. The highest BCUT2D eigenvalue weighted by molar-refractivity contribution is 5.45. The summed E-state index contributed by atoms with van der Waals surface area (Å²) >= 11 is 0. The minimum Gasteiger partial charge on any atom is -0.388 e. The van der Waals surface area contributed by atoms with Gasteiger partial charge in [-0.05, 0) is 24.6 Å². The first-order valence-corrected chi connectivity index (χ1v) is 2.92. The van der Waals surface area contributed by atoms with Crippen LogP contribution in [0.4, 0.5) is 5.69 Å². The lowest BCUT2D eigenvalue weighted by molar-refractivity contribution is 1.49. The average Bonchev–Trinajstić information content (AvgIpc) is 1.88. The molecule has 1 rings (SSSR count). The van der Waals surface area contributed by atoms with Crippen molar-refractivity contribution in [3.63, 3.8) is 0 Å². The second kappa shape index (κ2) is 2.53. The molecular weight excluding hydrogens is 110 g/mol. The van der Waals surface area contributed by atoms with E-state index in [9.17, 15) is 0 Å². The summed E-state index contributed by atoms with van der Waals surface area (Å²) in [7, 11) is 1.90. The minimum absolute atomic E-state index is 1.04. The molecule has 0 atom stereocenters. The lowest BCUT2D eigenvalue weighted by Gasteiger charge is -1.98. The molecule has 1 N–H and O–H groups in total. The van der Waals surface area contributed by atoms with Crippen molar-refractivity contribution >= 4 is 5.69 Å². The molecule has 1 radical (unpaired) electrons. The van der Waals surface area contributed by atoms with Gasteiger partial charge in [0.1, 0.15) is 0 Å². The van der Waals surface area contributed by atoms with Crippen LogP contribution in [0.2, 0.25) is 0 Å². The first-order chi connectivity index (χ1) is 4.33. The van der Waals surface area contributed by atoms with Crippen LogP contribution in [0.3, 0.4) is 0 Å². The Morgan fingerprint density at radius 2 is 2.22 bits per heavy atom. The smallest absolute Gasteiger partial charge is 0.0340 e. The zero-order chi connectivity index (χ0) is 6.69. The van der Waals surface area contributed by atoms with Crippen LogP contribution in [-0.4, -0.2) is 7.05 Å². The number of hydrogen-bond acceptors (Lipinski definition) is 1. The highest BCUT2D eigenvalue weighted by Gasteiger charge is 1.84. The number of benzene rings is 1. The summed E-state index contributed by atoms with van der Waals surface area (Å²) in [6.45, 7) is 3.79. The molecule has 47 valence electrons. The normalized spacial score (nSPS) is 9.11. The van der Waals surface area contributed by atoms with Crippen molar-refractivity contribution in [3.8, 4) is 0 Å². The summed E-state index contributed by atoms with van der Waals surface area (Å²) < 4.78 is 0. The van der Waals surface area contributed by atoms with E-state index in [0.717, 1.165) is 11.3 Å². The molecule has 0 aliphatic rings. The first kappa shape index (κ1) is 6.14. The monoisotopic (exact) mass is 120 g/mol. The third-order valence-corrected chi connectivity index (χ3v) is 1.22. The number of hydrogen-bond donors (Lipinski definition) is 1. The van der Waals surface area contributed by atoms with Crippen LogP contribution in [0.15, 0.2) is 24.3 Å². The Morgan fingerprint density at radius 3 is 2.67 bits per heavy atom. The standard InChI is InChI=1S/C8H10N/c1-7-4-3-5-8(6-7)9-2/h3-6,9H,1H2,2H3. The van der Waals surface area contributed by atoms with Crippen LogP contribution in [-0.2, 0) is 0 Å². The summed E-state index contributed by atoms with van der Waals surface area (Å²) in [6.07, 6.45) is 0. The van der Waals surface area contributed by atoms with Crippen LogP contribution >= 0.6 is 0 Å². The zero-order valence-electron chi connectivity index (χ0n) is 5.52. The van der Waals surface area contributed by atoms with Crippen LogP contribution < -0.4 is 5.32 Å². The van der Waals surface area contributed by atoms with E-state index < -0.39 is 0 Å². The van der Waals surface area contributed by atoms with Crippen molar-refractivity contribution in [2.75, 3.05) is 12.4 Å². The highest BCUT2D eigenvalue weighted by atomic mass is 14.8. The predicted octanol–water partition coefficient (Wildman–Crippen LogP) is 1.91. The molecule has 0 spiro atoms. The van der Waals surface area contributed by atoms with Crippen molar-refractivity contribution in [1.29, 1.82) is 0 Å². The predicted molar refractivity (Wildman–Crippen MR) is 40.4 cm³/mol. The molecule has 1 nitrogen and oxygen atoms in total. The molecular formula is C8H10N. The van der Waals surface area contributed by atoms with Crippen LogP contribution in [0.1, 0.15) is 5.56 Å². The molecule has 0 amide bonds. The molecule has 0 bridgehead atoms. The van der Waals surface area contributed by atoms with E-state index >= 15 is 0 Å². The third kappa shape index (κ3) is 1.46. The van der Waals surface area contributed by atoms with Crippen molar-refractivity contribution in [2.24, 2.45) is 0 Å². The Kier molecular flexibility index (Phi) is 1.73. The summed E-state index contributed by atoms with van der Waals surface area (Å²) in [6, 6.07) is 7.96. The molecule has 0 fully saturated rings. The van der Waals surface area contributed by atoms with E-state index in [0.29, 0.717) is 0 Å². The van der Waals surface area contributed by atoms with Gasteiger partial charge in [0, 0.05) is 12.7 Å². The van der Waals surface area contributed by atoms with E-state index in [4.69, 9.17) is 0 Å². The number of rotatable bonds is 1. The third-order valence-electron chi connectivity index (χ3n) is 1.22. The number of nitrogens with one attached hydrogen (secondary N) is 1. The average molecular weight is 120 g/mol. The first-order valence-electron chi connectivity index (χ1n) is 2.92. The van der Waals surface area contributed by atoms with E-state index in [-0.39, 0.29) is 0 Å². The van der Waals surface area contributed by atoms with Gasteiger partial charge in [-0.15, -0.1) is 0 Å². The fourth-order valence-corrected chi connectivity index (χ4v) is 0.727. The molecule has 0 aromatic heterocycles. The molecule has 9 heavy (non-hydrogen) atoms. The molecule has 0 aliphatic carbocycles. The van der Waals surface area contributed by atoms with Gasteiger partial charge in [0.15, 0.2) is 0 Å². The summed E-state index contributed by atoms with van der Waals surface area (Å²) in [5.74, 6) is 0. The Hall–Kier alpha value is -0.980.